The van der Waals surface area contributed by atoms with Crippen molar-refractivity contribution in [1.82, 2.24) is 10.2 Å². The third-order valence-electron chi connectivity index (χ3n) is 4.01. The first-order valence-electron chi connectivity index (χ1n) is 8.12. The summed E-state index contributed by atoms with van der Waals surface area (Å²) in [7, 11) is 0. The third kappa shape index (κ3) is 5.15. The summed E-state index contributed by atoms with van der Waals surface area (Å²) < 4.78 is 11.2. The number of likely N-dealkylation sites (tertiary alicyclic amines) is 1. The Labute approximate surface area is 128 Å². The van der Waals surface area contributed by atoms with E-state index in [1.807, 2.05) is 25.7 Å². The van der Waals surface area contributed by atoms with Crippen molar-refractivity contribution in [2.45, 2.75) is 83.8 Å². The van der Waals surface area contributed by atoms with Crippen LogP contribution in [0.1, 0.15) is 53.9 Å². The molecule has 2 aliphatic rings. The van der Waals surface area contributed by atoms with Crippen LogP contribution in [0, 0.1) is 0 Å². The van der Waals surface area contributed by atoms with Crippen LogP contribution in [0.25, 0.3) is 0 Å². The summed E-state index contributed by atoms with van der Waals surface area (Å²) in [5, 5.41) is 3.70. The summed E-state index contributed by atoms with van der Waals surface area (Å²) in [5.41, 5.74) is -0.422. The Bertz CT molecular complexity index is 357. The average Bonchev–Trinajstić information content (AvgIpc) is 2.73. The van der Waals surface area contributed by atoms with Crippen LogP contribution in [0.2, 0.25) is 0 Å². The highest BCUT2D eigenvalue weighted by molar-refractivity contribution is 5.68. The van der Waals surface area contributed by atoms with Gasteiger partial charge in [-0.05, 0) is 53.9 Å². The molecule has 2 heterocycles. The summed E-state index contributed by atoms with van der Waals surface area (Å²) in [6, 6.07) is 0.868. The molecule has 21 heavy (non-hydrogen) atoms. The largest absolute Gasteiger partial charge is 0.444 e. The smallest absolute Gasteiger partial charge is 0.410 e. The molecule has 2 saturated heterocycles. The molecule has 0 aliphatic carbocycles. The van der Waals surface area contributed by atoms with Crippen LogP contribution in [0.4, 0.5) is 4.79 Å². The Morgan fingerprint density at radius 1 is 1.19 bits per heavy atom. The molecule has 0 aromatic carbocycles. The third-order valence-corrected chi connectivity index (χ3v) is 4.01. The first-order chi connectivity index (χ1) is 9.73. The van der Waals surface area contributed by atoms with Gasteiger partial charge in [-0.3, -0.25) is 0 Å². The van der Waals surface area contributed by atoms with Gasteiger partial charge in [0.1, 0.15) is 5.60 Å². The molecule has 0 saturated carbocycles. The molecule has 2 rings (SSSR count). The van der Waals surface area contributed by atoms with Crippen LogP contribution in [-0.2, 0) is 9.47 Å². The zero-order valence-electron chi connectivity index (χ0n) is 14.0. The minimum atomic E-state index is -0.422. The molecular weight excluding hydrogens is 268 g/mol. The Hall–Kier alpha value is -0.810. The molecular formula is C16H30N2O3. The van der Waals surface area contributed by atoms with Crippen LogP contribution >= 0.6 is 0 Å². The average molecular weight is 298 g/mol. The molecule has 0 aromatic heterocycles. The number of nitrogens with zero attached hydrogens (tertiary/aromatic N) is 1. The highest BCUT2D eigenvalue weighted by atomic mass is 16.6. The van der Waals surface area contributed by atoms with Crippen molar-refractivity contribution < 1.29 is 14.3 Å². The standard InChI is InChI=1S/C16H30N2O3/c1-11-8-14(9-12(2)20-11)17-13-6-7-18(10-13)15(19)21-16(3,4)5/h11-14,17H,6-10H2,1-5H3. The van der Waals surface area contributed by atoms with Gasteiger partial charge in [-0.25, -0.2) is 4.79 Å². The van der Waals surface area contributed by atoms with Gasteiger partial charge in [-0.2, -0.15) is 0 Å². The highest BCUT2D eigenvalue weighted by Crippen LogP contribution is 2.21. The van der Waals surface area contributed by atoms with Crippen molar-refractivity contribution in [2.24, 2.45) is 0 Å². The monoisotopic (exact) mass is 298 g/mol. The van der Waals surface area contributed by atoms with Gasteiger partial charge in [0.2, 0.25) is 0 Å². The molecule has 5 nitrogen and oxygen atoms in total. The second-order valence-electron chi connectivity index (χ2n) is 7.50. The van der Waals surface area contributed by atoms with E-state index >= 15 is 0 Å². The molecule has 0 bridgehead atoms. The summed E-state index contributed by atoms with van der Waals surface area (Å²) >= 11 is 0. The maximum atomic E-state index is 12.1. The second kappa shape index (κ2) is 6.53. The number of hydrogen-bond donors (Lipinski definition) is 1. The van der Waals surface area contributed by atoms with Gasteiger partial charge in [0.05, 0.1) is 12.2 Å². The molecule has 2 fully saturated rings. The van der Waals surface area contributed by atoms with Gasteiger partial charge in [0.15, 0.2) is 0 Å². The first kappa shape index (κ1) is 16.6. The second-order valence-corrected chi connectivity index (χ2v) is 7.50. The normalized spacial score (nSPS) is 34.0. The quantitative estimate of drug-likeness (QED) is 0.851. The van der Waals surface area contributed by atoms with Gasteiger partial charge in [0, 0.05) is 25.2 Å². The lowest BCUT2D eigenvalue weighted by molar-refractivity contribution is -0.0434. The Morgan fingerprint density at radius 2 is 1.81 bits per heavy atom. The van der Waals surface area contributed by atoms with E-state index in [0.29, 0.717) is 24.3 Å². The van der Waals surface area contributed by atoms with Crippen molar-refractivity contribution >= 4 is 6.09 Å². The topological polar surface area (TPSA) is 50.8 Å². The van der Waals surface area contributed by atoms with Crippen molar-refractivity contribution in [3.8, 4) is 0 Å². The van der Waals surface area contributed by atoms with Crippen LogP contribution in [0.3, 0.4) is 0 Å². The minimum Gasteiger partial charge on any atom is -0.444 e. The summed E-state index contributed by atoms with van der Waals surface area (Å²) in [6.45, 7) is 11.5. The first-order valence-corrected chi connectivity index (χ1v) is 8.12. The summed E-state index contributed by atoms with van der Waals surface area (Å²) in [5.74, 6) is 0. The van der Waals surface area contributed by atoms with Crippen LogP contribution < -0.4 is 5.32 Å². The lowest BCUT2D eigenvalue weighted by Gasteiger charge is -2.34. The van der Waals surface area contributed by atoms with E-state index in [-0.39, 0.29) is 6.09 Å². The lowest BCUT2D eigenvalue weighted by atomic mass is 9.99. The van der Waals surface area contributed by atoms with E-state index in [2.05, 4.69) is 19.2 Å². The zero-order valence-corrected chi connectivity index (χ0v) is 14.0. The van der Waals surface area contributed by atoms with Gasteiger partial charge < -0.3 is 19.7 Å². The van der Waals surface area contributed by atoms with Gasteiger partial charge in [-0.1, -0.05) is 0 Å². The van der Waals surface area contributed by atoms with Gasteiger partial charge >= 0.3 is 6.09 Å². The van der Waals surface area contributed by atoms with Crippen molar-refractivity contribution in [1.29, 1.82) is 0 Å². The van der Waals surface area contributed by atoms with Gasteiger partial charge in [-0.15, -0.1) is 0 Å². The predicted octanol–water partition coefficient (Wildman–Crippen LogP) is 2.54. The van der Waals surface area contributed by atoms with Crippen molar-refractivity contribution in [3.63, 3.8) is 0 Å². The summed E-state index contributed by atoms with van der Waals surface area (Å²) in [4.78, 5) is 13.9. The van der Waals surface area contributed by atoms with E-state index in [1.165, 1.54) is 0 Å². The summed E-state index contributed by atoms with van der Waals surface area (Å²) in [6.07, 6.45) is 3.53. The Kier molecular flexibility index (Phi) is 5.15. The fourth-order valence-corrected chi connectivity index (χ4v) is 3.26. The number of carbonyl (C=O) groups is 1. The molecule has 0 spiro atoms. The minimum absolute atomic E-state index is 0.194. The zero-order chi connectivity index (χ0) is 15.6. The van der Waals surface area contributed by atoms with E-state index in [4.69, 9.17) is 9.47 Å². The van der Waals surface area contributed by atoms with Crippen LogP contribution in [-0.4, -0.2) is 54.0 Å². The molecule has 3 atom stereocenters. The Balaban J connectivity index is 1.78. The molecule has 2 aliphatic heterocycles. The molecule has 1 N–H and O–H groups in total. The van der Waals surface area contributed by atoms with Gasteiger partial charge in [0.25, 0.3) is 0 Å². The molecule has 1 amide bonds. The molecule has 3 unspecified atom stereocenters. The highest BCUT2D eigenvalue weighted by Gasteiger charge is 2.32. The van der Waals surface area contributed by atoms with E-state index in [9.17, 15) is 4.79 Å². The molecule has 0 aromatic rings. The van der Waals surface area contributed by atoms with Crippen LogP contribution in [0.5, 0.6) is 0 Å². The number of amides is 1. The number of carbonyl (C=O) groups excluding carboxylic acids is 1. The lowest BCUT2D eigenvalue weighted by Crippen LogP contribution is -2.47. The number of nitrogens with one attached hydrogen (secondary N) is 1. The number of rotatable bonds is 2. The SMILES string of the molecule is CC1CC(NC2CCN(C(=O)OC(C)(C)C)C2)CC(C)O1. The molecule has 0 radical (unpaired) electrons. The molecule has 122 valence electrons. The number of hydrogen-bond acceptors (Lipinski definition) is 4. The maximum Gasteiger partial charge on any atom is 0.410 e. The fraction of sp³-hybridized carbons (Fsp3) is 0.938. The molecule has 5 heteroatoms. The van der Waals surface area contributed by atoms with E-state index in [0.717, 1.165) is 32.4 Å². The fourth-order valence-electron chi connectivity index (χ4n) is 3.26. The van der Waals surface area contributed by atoms with E-state index in [1.54, 1.807) is 0 Å². The van der Waals surface area contributed by atoms with E-state index < -0.39 is 5.60 Å². The number of ether oxygens (including phenoxy) is 2. The Morgan fingerprint density at radius 3 is 2.38 bits per heavy atom. The van der Waals surface area contributed by atoms with Crippen molar-refractivity contribution in [3.05, 3.63) is 0 Å². The maximum absolute atomic E-state index is 12.1. The van der Waals surface area contributed by atoms with Crippen LogP contribution in [0.15, 0.2) is 0 Å². The predicted molar refractivity (Wildman–Crippen MR) is 82.4 cm³/mol. The van der Waals surface area contributed by atoms with Crippen molar-refractivity contribution in [2.75, 3.05) is 13.1 Å².